The minimum absolute atomic E-state index is 0.0877. The summed E-state index contributed by atoms with van der Waals surface area (Å²) in [5, 5.41) is 13.4. The van der Waals surface area contributed by atoms with Crippen molar-refractivity contribution in [2.45, 2.75) is 49.9 Å². The van der Waals surface area contributed by atoms with Crippen molar-refractivity contribution in [2.24, 2.45) is 13.0 Å². The van der Waals surface area contributed by atoms with Crippen LogP contribution >= 0.6 is 11.6 Å². The Morgan fingerprint density at radius 3 is 2.31 bits per heavy atom. The zero-order valence-electron chi connectivity index (χ0n) is 36.9. The number of phenols is 1. The Hall–Kier alpha value is -7.92. The van der Waals surface area contributed by atoms with Crippen LogP contribution in [0.25, 0.3) is 11.0 Å². The number of imide groups is 1. The van der Waals surface area contributed by atoms with Crippen LogP contribution in [0.15, 0.2) is 135 Å². The number of fused-ring (bicyclic) bond motifs is 5. The maximum absolute atomic E-state index is 15.5. The van der Waals surface area contributed by atoms with Crippen LogP contribution in [-0.2, 0) is 48.2 Å². The summed E-state index contributed by atoms with van der Waals surface area (Å²) >= 11 is 6.43. The molecule has 68 heavy (non-hydrogen) atoms. The van der Waals surface area contributed by atoms with Crippen LogP contribution < -0.4 is 36.6 Å². The number of aromatic hydroxyl groups is 1. The fraction of sp³-hybridized carbons (Fsp3) is 0.240. The first kappa shape index (κ1) is 43.9. The number of benzene rings is 5. The molecular weight excluding hydrogens is 897 g/mol. The molecule has 346 valence electrons. The molecule has 2 aliphatic heterocycles. The number of halogens is 2. The summed E-state index contributed by atoms with van der Waals surface area (Å²) in [6, 6.07) is 28.3. The van der Waals surface area contributed by atoms with Gasteiger partial charge in [0.05, 0.1) is 54.9 Å². The summed E-state index contributed by atoms with van der Waals surface area (Å²) in [7, 11) is 4.55. The van der Waals surface area contributed by atoms with Gasteiger partial charge in [0.1, 0.15) is 29.6 Å². The zero-order valence-corrected chi connectivity index (χ0v) is 37.6. The van der Waals surface area contributed by atoms with Gasteiger partial charge in [0.25, 0.3) is 17.4 Å². The SMILES string of the molecule is COc1cc2nc(CCn3c(=O)n4n(c3=O)C3CC5C(=O)N(Nc6ccc(F)cc6)C(=O)C5(c5ccc(Cl)cc5)C(c5ccc(OCc6ccccc6)cc5O)C3=CC4)c(=O)n(C)c2cc1OC. The third-order valence-electron chi connectivity index (χ3n) is 13.4. The first-order valence-electron chi connectivity index (χ1n) is 21.7. The Morgan fingerprint density at radius 1 is 0.882 bits per heavy atom. The van der Waals surface area contributed by atoms with E-state index in [1.807, 2.05) is 30.3 Å². The molecule has 2 amide bonds. The number of methoxy groups -OCH3 is 2. The third-order valence-corrected chi connectivity index (χ3v) is 13.6. The van der Waals surface area contributed by atoms with Gasteiger partial charge in [-0.2, -0.15) is 5.01 Å². The molecule has 1 aliphatic carbocycles. The summed E-state index contributed by atoms with van der Waals surface area (Å²) in [6.07, 6.45) is 1.55. The molecule has 4 heterocycles. The molecule has 4 unspecified atom stereocenters. The molecule has 18 heteroatoms. The van der Waals surface area contributed by atoms with E-state index in [0.29, 0.717) is 44.4 Å². The van der Waals surface area contributed by atoms with Crippen molar-refractivity contribution in [1.82, 2.24) is 28.5 Å². The summed E-state index contributed by atoms with van der Waals surface area (Å²) in [6.45, 7) is -0.120. The van der Waals surface area contributed by atoms with E-state index >= 15 is 9.59 Å². The number of amides is 2. The molecule has 1 saturated heterocycles. The Balaban J connectivity index is 1.09. The fourth-order valence-electron chi connectivity index (χ4n) is 10.2. The number of phenolic OH excluding ortho intramolecular Hbond substituents is 1. The van der Waals surface area contributed by atoms with Crippen molar-refractivity contribution in [2.75, 3.05) is 19.6 Å². The molecule has 0 radical (unpaired) electrons. The van der Waals surface area contributed by atoms with Crippen LogP contribution in [0.3, 0.4) is 0 Å². The topological polar surface area (TPSA) is 181 Å². The highest BCUT2D eigenvalue weighted by Crippen LogP contribution is 2.63. The number of anilines is 1. The standard InChI is InChI=1S/C50H43ClFN7O9/c1-55-40-26-43(67-3)42(66-2)25-38(40)53-37(46(55)62)20-21-56-48(64)57-22-19-34-39(59(57)49(56)65)24-36-45(61)58(54-32-15-13-31(52)14-16-32)47(63)50(36,29-9-11-30(51)12-10-29)44(34)35-18-17-33(23-41(35)60)68-27-28-7-5-4-6-8-28/h4-19,23,25-26,36,39,44,54,60H,20-22,24,27H2,1-3H3. The van der Waals surface area contributed by atoms with E-state index in [1.54, 1.807) is 61.7 Å². The Kier molecular flexibility index (Phi) is 11.0. The number of nitrogens with zero attached hydrogens (tertiary/aromatic N) is 6. The molecule has 3 aliphatic rings. The molecule has 7 aromatic rings. The predicted octanol–water partition coefficient (Wildman–Crippen LogP) is 6.01. The number of hydrogen-bond donors (Lipinski definition) is 2. The minimum atomic E-state index is -1.76. The van der Waals surface area contributed by atoms with Crippen LogP contribution in [0.1, 0.15) is 40.8 Å². The van der Waals surface area contributed by atoms with Gasteiger partial charge in [0, 0.05) is 54.7 Å². The number of rotatable bonds is 12. The van der Waals surface area contributed by atoms with Crippen molar-refractivity contribution in [3.05, 3.63) is 185 Å². The lowest BCUT2D eigenvalue weighted by atomic mass is 9.53. The highest BCUT2D eigenvalue weighted by atomic mass is 35.5. The Morgan fingerprint density at radius 2 is 1.60 bits per heavy atom. The number of aryl methyl sites for hydroxylation is 2. The minimum Gasteiger partial charge on any atom is -0.508 e. The molecule has 16 nitrogen and oxygen atoms in total. The first-order chi connectivity index (χ1) is 32.8. The van der Waals surface area contributed by atoms with Crippen molar-refractivity contribution in [3.63, 3.8) is 0 Å². The lowest BCUT2D eigenvalue weighted by molar-refractivity contribution is -0.138. The maximum atomic E-state index is 15.5. The molecule has 4 atom stereocenters. The van der Waals surface area contributed by atoms with Crippen molar-refractivity contribution in [1.29, 1.82) is 0 Å². The van der Waals surface area contributed by atoms with E-state index in [4.69, 9.17) is 25.8 Å². The summed E-state index contributed by atoms with van der Waals surface area (Å²) < 4.78 is 36.1. The number of allylic oxidation sites excluding steroid dienone is 2. The number of ether oxygens (including phenoxy) is 3. The van der Waals surface area contributed by atoms with Gasteiger partial charge in [-0.1, -0.05) is 66.2 Å². The Labute approximate surface area is 391 Å². The van der Waals surface area contributed by atoms with Crippen LogP contribution in [-0.4, -0.2) is 59.6 Å². The third kappa shape index (κ3) is 7.03. The molecule has 10 rings (SSSR count). The number of hydrazine groups is 1. The van der Waals surface area contributed by atoms with Gasteiger partial charge in [-0.3, -0.25) is 19.8 Å². The lowest BCUT2D eigenvalue weighted by Gasteiger charge is -2.49. The molecule has 1 saturated carbocycles. The average Bonchev–Trinajstić information content (AvgIpc) is 3.72. The first-order valence-corrected chi connectivity index (χ1v) is 22.1. The van der Waals surface area contributed by atoms with Crippen molar-refractivity contribution < 1.29 is 33.3 Å². The van der Waals surface area contributed by atoms with Crippen LogP contribution in [0.4, 0.5) is 10.1 Å². The second-order valence-electron chi connectivity index (χ2n) is 16.9. The van der Waals surface area contributed by atoms with E-state index < -0.39 is 57.9 Å². The average molecular weight is 940 g/mol. The molecule has 2 aromatic heterocycles. The monoisotopic (exact) mass is 939 g/mol. The second kappa shape index (κ2) is 17.1. The molecule has 2 fully saturated rings. The van der Waals surface area contributed by atoms with Gasteiger partial charge < -0.3 is 23.9 Å². The predicted molar refractivity (Wildman–Crippen MR) is 249 cm³/mol. The second-order valence-corrected chi connectivity index (χ2v) is 17.4. The molecular formula is C50H43ClFN7O9. The van der Waals surface area contributed by atoms with E-state index in [1.165, 1.54) is 58.5 Å². The number of nitrogens with one attached hydrogen (secondary N) is 1. The summed E-state index contributed by atoms with van der Waals surface area (Å²) in [5.41, 5.74) is 2.70. The summed E-state index contributed by atoms with van der Waals surface area (Å²) in [4.78, 5) is 77.9. The van der Waals surface area contributed by atoms with Crippen LogP contribution in [0.5, 0.6) is 23.0 Å². The number of hydrogen-bond acceptors (Lipinski definition) is 11. The van der Waals surface area contributed by atoms with Gasteiger partial charge in [-0.25, -0.2) is 32.9 Å². The van der Waals surface area contributed by atoms with E-state index in [-0.39, 0.29) is 55.2 Å². The fourth-order valence-corrected chi connectivity index (χ4v) is 10.3. The largest absolute Gasteiger partial charge is 0.508 e. The number of carbonyl (C=O) groups is 2. The normalized spacial score (nSPS) is 19.6. The highest BCUT2D eigenvalue weighted by molar-refractivity contribution is 6.30. The van der Waals surface area contributed by atoms with Gasteiger partial charge in [0.2, 0.25) is 0 Å². The van der Waals surface area contributed by atoms with Crippen molar-refractivity contribution in [3.8, 4) is 23.0 Å². The molecule has 5 aromatic carbocycles. The van der Waals surface area contributed by atoms with Crippen LogP contribution in [0, 0.1) is 11.7 Å². The zero-order chi connectivity index (χ0) is 47.6. The molecule has 0 spiro atoms. The van der Waals surface area contributed by atoms with E-state index in [2.05, 4.69) is 10.4 Å². The van der Waals surface area contributed by atoms with E-state index in [0.717, 1.165) is 15.1 Å². The van der Waals surface area contributed by atoms with Crippen LogP contribution in [0.2, 0.25) is 5.02 Å². The Bertz CT molecular complexity index is 3390. The number of aromatic nitrogens is 5. The number of carbonyl (C=O) groups excluding carboxylic acids is 2. The highest BCUT2D eigenvalue weighted by Gasteiger charge is 2.69. The maximum Gasteiger partial charge on any atom is 0.347 e. The molecule has 0 bridgehead atoms. The summed E-state index contributed by atoms with van der Waals surface area (Å²) in [5.74, 6) is -3.26. The quantitative estimate of drug-likeness (QED) is 0.108. The van der Waals surface area contributed by atoms with Gasteiger partial charge in [-0.05, 0) is 65.6 Å². The smallest absolute Gasteiger partial charge is 0.347 e. The van der Waals surface area contributed by atoms with Gasteiger partial charge >= 0.3 is 11.4 Å². The van der Waals surface area contributed by atoms with Gasteiger partial charge in [-0.15, -0.1) is 0 Å². The molecule has 2 N–H and O–H groups in total. The van der Waals surface area contributed by atoms with E-state index in [9.17, 15) is 23.9 Å². The van der Waals surface area contributed by atoms with Gasteiger partial charge in [0.15, 0.2) is 11.5 Å². The van der Waals surface area contributed by atoms with Crippen molar-refractivity contribution >= 4 is 40.1 Å². The lowest BCUT2D eigenvalue weighted by Crippen LogP contribution is -2.53.